The molecule has 0 amide bonds. The van der Waals surface area contributed by atoms with Crippen LogP contribution in [0.2, 0.25) is 0 Å². The van der Waals surface area contributed by atoms with Gasteiger partial charge in [-0.3, -0.25) is 5.10 Å². The molecule has 1 heterocycles. The molecule has 2 rings (SSSR count). The van der Waals surface area contributed by atoms with Crippen LogP contribution >= 0.6 is 0 Å². The van der Waals surface area contributed by atoms with Crippen molar-refractivity contribution in [3.05, 3.63) is 11.9 Å². The minimum absolute atomic E-state index is 0.0144. The predicted octanol–water partition coefficient (Wildman–Crippen LogP) is 0.823. The van der Waals surface area contributed by atoms with Crippen molar-refractivity contribution in [2.75, 3.05) is 27.7 Å². The first kappa shape index (κ1) is 14.5. The number of H-pyrrole nitrogens is 1. The third kappa shape index (κ3) is 2.42. The lowest BCUT2D eigenvalue weighted by Gasteiger charge is -2.48. The summed E-state index contributed by atoms with van der Waals surface area (Å²) >= 11 is 0. The van der Waals surface area contributed by atoms with E-state index in [2.05, 4.69) is 15.1 Å². The molecule has 1 N–H and O–H groups in total. The number of aromatic amines is 1. The number of likely N-dealkylation sites (N-methyl/N-ethyl adjacent to an activating group) is 2. The Kier molecular flexibility index (Phi) is 3.72. The Labute approximate surface area is 114 Å². The van der Waals surface area contributed by atoms with Crippen LogP contribution in [0.1, 0.15) is 25.0 Å². The Hall–Kier alpha value is -0.920. The monoisotopic (exact) mass is 286 g/mol. The molecule has 1 saturated carbocycles. The Balaban J connectivity index is 2.20. The summed E-state index contributed by atoms with van der Waals surface area (Å²) in [6, 6.07) is 0. The molecule has 1 aromatic heterocycles. The first-order chi connectivity index (χ1) is 8.79. The fourth-order valence-electron chi connectivity index (χ4n) is 2.60. The van der Waals surface area contributed by atoms with E-state index < -0.39 is 10.0 Å². The Morgan fingerprint density at radius 1 is 1.37 bits per heavy atom. The van der Waals surface area contributed by atoms with Crippen molar-refractivity contribution >= 4 is 10.0 Å². The summed E-state index contributed by atoms with van der Waals surface area (Å²) in [5.74, 6) is 0. The number of nitrogens with zero attached hydrogens (tertiary/aromatic N) is 3. The van der Waals surface area contributed by atoms with E-state index in [9.17, 15) is 8.42 Å². The van der Waals surface area contributed by atoms with E-state index in [1.807, 2.05) is 14.1 Å². The molecule has 0 spiro atoms. The summed E-state index contributed by atoms with van der Waals surface area (Å²) in [4.78, 5) is 2.41. The van der Waals surface area contributed by atoms with Crippen molar-refractivity contribution in [2.45, 2.75) is 36.6 Å². The molecule has 1 aliphatic rings. The third-order valence-electron chi connectivity index (χ3n) is 4.22. The second-order valence-corrected chi connectivity index (χ2v) is 7.61. The maximum Gasteiger partial charge on any atom is 0.246 e. The molecule has 0 bridgehead atoms. The molecule has 1 aliphatic carbocycles. The average Bonchev–Trinajstić information content (AvgIpc) is 2.69. The summed E-state index contributed by atoms with van der Waals surface area (Å²) in [6.07, 6.45) is 4.63. The van der Waals surface area contributed by atoms with Gasteiger partial charge in [-0.15, -0.1) is 0 Å². The zero-order valence-corrected chi connectivity index (χ0v) is 12.8. The number of nitrogens with one attached hydrogen (secondary N) is 1. The van der Waals surface area contributed by atoms with E-state index >= 15 is 0 Å². The quantitative estimate of drug-likeness (QED) is 0.870. The predicted molar refractivity (Wildman–Crippen MR) is 73.4 cm³/mol. The van der Waals surface area contributed by atoms with Crippen molar-refractivity contribution in [1.29, 1.82) is 0 Å². The van der Waals surface area contributed by atoms with Crippen LogP contribution < -0.4 is 0 Å². The van der Waals surface area contributed by atoms with Gasteiger partial charge in [0.05, 0.1) is 11.9 Å². The van der Waals surface area contributed by atoms with Crippen molar-refractivity contribution in [3.8, 4) is 0 Å². The highest BCUT2D eigenvalue weighted by atomic mass is 32.2. The third-order valence-corrected chi connectivity index (χ3v) is 6.14. The van der Waals surface area contributed by atoms with Gasteiger partial charge >= 0.3 is 0 Å². The molecule has 6 nitrogen and oxygen atoms in total. The van der Waals surface area contributed by atoms with E-state index in [4.69, 9.17) is 0 Å². The van der Waals surface area contributed by atoms with E-state index in [-0.39, 0.29) is 10.4 Å². The molecule has 0 aromatic carbocycles. The second kappa shape index (κ2) is 4.88. The van der Waals surface area contributed by atoms with E-state index in [0.29, 0.717) is 12.2 Å². The summed E-state index contributed by atoms with van der Waals surface area (Å²) in [5, 5.41) is 6.47. The highest BCUT2D eigenvalue weighted by molar-refractivity contribution is 7.89. The first-order valence-corrected chi connectivity index (χ1v) is 7.87. The molecule has 7 heteroatoms. The second-order valence-electron chi connectivity index (χ2n) is 5.59. The van der Waals surface area contributed by atoms with Crippen molar-refractivity contribution in [3.63, 3.8) is 0 Å². The summed E-state index contributed by atoms with van der Waals surface area (Å²) in [7, 11) is 2.22. The van der Waals surface area contributed by atoms with Gasteiger partial charge in [0.25, 0.3) is 0 Å². The summed E-state index contributed by atoms with van der Waals surface area (Å²) in [6.45, 7) is 2.24. The first-order valence-electron chi connectivity index (χ1n) is 6.43. The molecule has 0 atom stereocenters. The number of aromatic nitrogens is 2. The maximum absolute atomic E-state index is 12.5. The fraction of sp³-hybridized carbons (Fsp3) is 0.750. The van der Waals surface area contributed by atoms with E-state index in [1.54, 1.807) is 14.0 Å². The summed E-state index contributed by atoms with van der Waals surface area (Å²) < 4.78 is 26.5. The minimum atomic E-state index is -3.46. The fourth-order valence-corrected chi connectivity index (χ4v) is 3.96. The van der Waals surface area contributed by atoms with Crippen LogP contribution in [0.5, 0.6) is 0 Å². The van der Waals surface area contributed by atoms with Crippen LogP contribution in [0.25, 0.3) is 0 Å². The van der Waals surface area contributed by atoms with Crippen LogP contribution in [0.3, 0.4) is 0 Å². The van der Waals surface area contributed by atoms with Gasteiger partial charge in [0.15, 0.2) is 0 Å². The van der Waals surface area contributed by atoms with Crippen LogP contribution in [0, 0.1) is 6.92 Å². The van der Waals surface area contributed by atoms with E-state index in [1.165, 1.54) is 10.5 Å². The smallest absolute Gasteiger partial charge is 0.246 e. The summed E-state index contributed by atoms with van der Waals surface area (Å²) in [5.41, 5.74) is 0.568. The molecule has 1 aromatic rings. The van der Waals surface area contributed by atoms with Gasteiger partial charge in [0.2, 0.25) is 10.0 Å². The lowest BCUT2D eigenvalue weighted by Crippen LogP contribution is -2.57. The molecule has 0 unspecified atom stereocenters. The van der Waals surface area contributed by atoms with Gasteiger partial charge in [-0.1, -0.05) is 0 Å². The molecular weight excluding hydrogens is 264 g/mol. The molecule has 1 fully saturated rings. The Bertz CT molecular complexity index is 546. The standard InChI is InChI=1S/C12H22N4O2S/c1-10-11(8-13-14-10)19(17,18)16(4)9-12(15(2)3)6-5-7-12/h8H,5-7,9H2,1-4H3,(H,13,14). The molecule has 19 heavy (non-hydrogen) atoms. The Morgan fingerprint density at radius 2 is 2.00 bits per heavy atom. The topological polar surface area (TPSA) is 69.3 Å². The van der Waals surface area contributed by atoms with Crippen molar-refractivity contribution in [2.24, 2.45) is 0 Å². The maximum atomic E-state index is 12.5. The molecule has 0 radical (unpaired) electrons. The van der Waals surface area contributed by atoms with Crippen molar-refractivity contribution in [1.82, 2.24) is 19.4 Å². The number of hydrogen-bond acceptors (Lipinski definition) is 4. The molecule has 0 aliphatic heterocycles. The minimum Gasteiger partial charge on any atom is -0.302 e. The number of rotatable bonds is 5. The van der Waals surface area contributed by atoms with Crippen molar-refractivity contribution < 1.29 is 8.42 Å². The van der Waals surface area contributed by atoms with Crippen LogP contribution in [-0.4, -0.2) is 61.0 Å². The van der Waals surface area contributed by atoms with E-state index in [0.717, 1.165) is 19.3 Å². The lowest BCUT2D eigenvalue weighted by molar-refractivity contribution is 0.0455. The molecule has 0 saturated heterocycles. The van der Waals surface area contributed by atoms with Crippen LogP contribution in [0.15, 0.2) is 11.1 Å². The average molecular weight is 286 g/mol. The van der Waals surface area contributed by atoms with Gasteiger partial charge < -0.3 is 4.90 Å². The highest BCUT2D eigenvalue weighted by Crippen LogP contribution is 2.37. The highest BCUT2D eigenvalue weighted by Gasteiger charge is 2.42. The van der Waals surface area contributed by atoms with Gasteiger partial charge in [-0.05, 0) is 40.3 Å². The Morgan fingerprint density at radius 3 is 2.37 bits per heavy atom. The van der Waals surface area contributed by atoms with Gasteiger partial charge in [-0.25, -0.2) is 8.42 Å². The number of hydrogen-bond donors (Lipinski definition) is 1. The van der Waals surface area contributed by atoms with Crippen LogP contribution in [-0.2, 0) is 10.0 Å². The van der Waals surface area contributed by atoms with Gasteiger partial charge in [0.1, 0.15) is 4.90 Å². The van der Waals surface area contributed by atoms with Crippen LogP contribution in [0.4, 0.5) is 0 Å². The zero-order chi connectivity index (χ0) is 14.3. The largest absolute Gasteiger partial charge is 0.302 e. The SMILES string of the molecule is Cc1[nH]ncc1S(=O)(=O)N(C)CC1(N(C)C)CCC1. The van der Waals surface area contributed by atoms with Gasteiger partial charge in [-0.2, -0.15) is 9.40 Å². The number of sulfonamides is 1. The normalized spacial score (nSPS) is 18.8. The molecular formula is C12H22N4O2S. The lowest BCUT2D eigenvalue weighted by atomic mass is 9.75. The number of aryl methyl sites for hydroxylation is 1. The molecule has 108 valence electrons. The van der Waals surface area contributed by atoms with Gasteiger partial charge in [0, 0.05) is 19.1 Å². The zero-order valence-electron chi connectivity index (χ0n) is 12.0.